The minimum absolute atomic E-state index is 0.274. The average Bonchev–Trinajstić information content (AvgIpc) is 2.60. The summed E-state index contributed by atoms with van der Waals surface area (Å²) in [7, 11) is 1.81. The summed E-state index contributed by atoms with van der Waals surface area (Å²) in [5, 5.41) is 0. The second-order valence-corrected chi connectivity index (χ2v) is 6.41. The zero-order valence-electron chi connectivity index (χ0n) is 13.5. The van der Waals surface area contributed by atoms with Gasteiger partial charge in [0.2, 0.25) is 5.69 Å². The molecule has 106 valence electrons. The molecule has 2 rings (SSSR count). The predicted octanol–water partition coefficient (Wildman–Crippen LogP) is 1.25. The zero-order valence-corrected chi connectivity index (χ0v) is 13.5. The summed E-state index contributed by atoms with van der Waals surface area (Å²) < 4.78 is 16.8. The van der Waals surface area contributed by atoms with E-state index in [0.29, 0.717) is 0 Å². The molecular weight excluding hydrogens is 239 g/mol. The van der Waals surface area contributed by atoms with Crippen LogP contribution in [0.4, 0.5) is 0 Å². The molecule has 1 aromatic heterocycles. The lowest BCUT2D eigenvalue weighted by molar-refractivity contribution is -0.758. The second kappa shape index (κ2) is 4.35. The van der Waals surface area contributed by atoms with E-state index in [2.05, 4.69) is 64.9 Å². The van der Waals surface area contributed by atoms with Crippen molar-refractivity contribution < 1.29 is 14.0 Å². The molecule has 19 heavy (non-hydrogen) atoms. The van der Waals surface area contributed by atoms with Crippen molar-refractivity contribution in [3.8, 4) is 0 Å². The lowest BCUT2D eigenvalue weighted by Crippen LogP contribution is -2.43. The Morgan fingerprint density at radius 1 is 1.11 bits per heavy atom. The minimum Gasteiger partial charge on any atom is -0.399 e. The number of aromatic nitrogens is 2. The van der Waals surface area contributed by atoms with Crippen molar-refractivity contribution in [2.75, 3.05) is 0 Å². The van der Waals surface area contributed by atoms with Crippen LogP contribution in [-0.4, -0.2) is 23.0 Å². The molecule has 0 bridgehead atoms. The number of hydrogen-bond donors (Lipinski definition) is 0. The molecule has 0 saturated carbocycles. The van der Waals surface area contributed by atoms with Gasteiger partial charge in [0, 0.05) is 6.92 Å². The molecule has 0 N–H and O–H groups in total. The van der Waals surface area contributed by atoms with Crippen molar-refractivity contribution >= 4 is 12.6 Å². The highest BCUT2D eigenvalue weighted by Gasteiger charge is 2.54. The summed E-state index contributed by atoms with van der Waals surface area (Å²) in [6.07, 6.45) is 0. The molecule has 1 aliphatic heterocycles. The van der Waals surface area contributed by atoms with Crippen LogP contribution in [0.5, 0.6) is 0 Å². The van der Waals surface area contributed by atoms with Gasteiger partial charge in [-0.1, -0.05) is 0 Å². The Bertz CT molecular complexity index is 490. The normalized spacial score (nSPS) is 21.2. The molecule has 1 aliphatic rings. The maximum Gasteiger partial charge on any atom is 0.503 e. The van der Waals surface area contributed by atoms with E-state index in [1.165, 1.54) is 16.9 Å². The van der Waals surface area contributed by atoms with Gasteiger partial charge in [-0.3, -0.25) is 0 Å². The minimum atomic E-state index is -0.288. The highest BCUT2D eigenvalue weighted by Crippen LogP contribution is 2.36. The van der Waals surface area contributed by atoms with Crippen molar-refractivity contribution in [1.82, 2.24) is 4.68 Å². The van der Waals surface area contributed by atoms with E-state index in [1.807, 2.05) is 0 Å². The molecule has 1 saturated heterocycles. The molecule has 0 amide bonds. The lowest BCUT2D eigenvalue weighted by atomic mass is 9.77. The van der Waals surface area contributed by atoms with E-state index in [0.717, 1.165) is 6.54 Å². The Labute approximate surface area is 116 Å². The quantitative estimate of drug-likeness (QED) is 0.594. The van der Waals surface area contributed by atoms with E-state index in [1.54, 1.807) is 0 Å². The van der Waals surface area contributed by atoms with Crippen molar-refractivity contribution in [2.45, 2.75) is 66.2 Å². The van der Waals surface area contributed by atoms with E-state index >= 15 is 0 Å². The van der Waals surface area contributed by atoms with Crippen LogP contribution in [0.1, 0.15) is 46.0 Å². The standard InChI is InChI=1S/C14H26BN2O2/c1-9-17-11(3)12(10(2)16(17)8)15-18-13(4,5)14(6,7)19-15/h9H2,1-8H3/q+1. The van der Waals surface area contributed by atoms with Crippen LogP contribution in [0.2, 0.25) is 0 Å². The summed E-state index contributed by atoms with van der Waals surface area (Å²) >= 11 is 0. The van der Waals surface area contributed by atoms with Crippen LogP contribution >= 0.6 is 0 Å². The third-order valence-corrected chi connectivity index (χ3v) is 4.80. The molecule has 0 aliphatic carbocycles. The van der Waals surface area contributed by atoms with Gasteiger partial charge in [0.05, 0.1) is 28.9 Å². The Morgan fingerprint density at radius 3 is 1.95 bits per heavy atom. The van der Waals surface area contributed by atoms with Gasteiger partial charge in [-0.25, -0.2) is 0 Å². The Balaban J connectivity index is 2.46. The fourth-order valence-corrected chi connectivity index (χ4v) is 2.73. The molecule has 0 aromatic carbocycles. The first kappa shape index (κ1) is 14.6. The Kier molecular flexibility index (Phi) is 3.34. The van der Waals surface area contributed by atoms with Crippen LogP contribution in [0.3, 0.4) is 0 Å². The summed E-state index contributed by atoms with van der Waals surface area (Å²) in [5.74, 6) is 0. The number of nitrogens with zero attached hydrogens (tertiary/aromatic N) is 2. The zero-order chi connectivity index (χ0) is 14.6. The molecule has 0 radical (unpaired) electrons. The summed E-state index contributed by atoms with van der Waals surface area (Å²) in [6, 6.07) is 0. The molecule has 0 unspecified atom stereocenters. The maximum absolute atomic E-state index is 6.18. The van der Waals surface area contributed by atoms with Gasteiger partial charge in [-0.15, -0.1) is 4.68 Å². The molecule has 5 heteroatoms. The van der Waals surface area contributed by atoms with Gasteiger partial charge in [-0.2, -0.15) is 4.68 Å². The summed E-state index contributed by atoms with van der Waals surface area (Å²) in [4.78, 5) is 0. The van der Waals surface area contributed by atoms with Crippen LogP contribution in [0.25, 0.3) is 0 Å². The third-order valence-electron chi connectivity index (χ3n) is 4.80. The van der Waals surface area contributed by atoms with Crippen molar-refractivity contribution in [3.05, 3.63) is 11.4 Å². The molecule has 2 heterocycles. The summed E-state index contributed by atoms with van der Waals surface area (Å²) in [6.45, 7) is 15.7. The van der Waals surface area contributed by atoms with Crippen molar-refractivity contribution in [3.63, 3.8) is 0 Å². The Morgan fingerprint density at radius 2 is 1.58 bits per heavy atom. The monoisotopic (exact) mass is 265 g/mol. The van der Waals surface area contributed by atoms with Crippen molar-refractivity contribution in [1.29, 1.82) is 0 Å². The first-order valence-electron chi connectivity index (χ1n) is 7.04. The first-order valence-corrected chi connectivity index (χ1v) is 7.04. The van der Waals surface area contributed by atoms with E-state index < -0.39 is 0 Å². The second-order valence-electron chi connectivity index (χ2n) is 6.41. The van der Waals surface area contributed by atoms with Gasteiger partial charge in [0.1, 0.15) is 0 Å². The van der Waals surface area contributed by atoms with Gasteiger partial charge < -0.3 is 9.31 Å². The van der Waals surface area contributed by atoms with Crippen LogP contribution < -0.4 is 10.1 Å². The fraction of sp³-hybridized carbons (Fsp3) is 0.786. The molecular formula is C14H26BN2O2+. The molecule has 1 aromatic rings. The molecule has 0 spiro atoms. The van der Waals surface area contributed by atoms with E-state index in [9.17, 15) is 0 Å². The third kappa shape index (κ3) is 2.03. The lowest BCUT2D eigenvalue weighted by Gasteiger charge is -2.32. The van der Waals surface area contributed by atoms with Crippen LogP contribution in [-0.2, 0) is 22.9 Å². The predicted molar refractivity (Wildman–Crippen MR) is 76.5 cm³/mol. The SMILES string of the molecule is CCn1c(C)c(B2OC(C)(C)C(C)(C)O2)c(C)[n+]1C. The Hall–Kier alpha value is -0.805. The largest absolute Gasteiger partial charge is 0.503 e. The smallest absolute Gasteiger partial charge is 0.399 e. The maximum atomic E-state index is 6.18. The van der Waals surface area contributed by atoms with Gasteiger partial charge in [0.25, 0.3) is 0 Å². The van der Waals surface area contributed by atoms with E-state index in [-0.39, 0.29) is 18.3 Å². The number of hydrogen-bond acceptors (Lipinski definition) is 2. The average molecular weight is 265 g/mol. The number of rotatable bonds is 2. The topological polar surface area (TPSA) is 27.3 Å². The van der Waals surface area contributed by atoms with Gasteiger partial charge in [0.15, 0.2) is 7.05 Å². The summed E-state index contributed by atoms with van der Waals surface area (Å²) in [5.41, 5.74) is 3.02. The molecule has 1 fully saturated rings. The van der Waals surface area contributed by atoms with Gasteiger partial charge >= 0.3 is 7.12 Å². The first-order chi connectivity index (χ1) is 8.62. The molecule has 4 nitrogen and oxygen atoms in total. The van der Waals surface area contributed by atoms with Crippen molar-refractivity contribution in [2.24, 2.45) is 7.05 Å². The highest BCUT2D eigenvalue weighted by atomic mass is 16.7. The van der Waals surface area contributed by atoms with Crippen LogP contribution in [0.15, 0.2) is 0 Å². The van der Waals surface area contributed by atoms with Crippen LogP contribution in [0, 0.1) is 13.8 Å². The highest BCUT2D eigenvalue weighted by molar-refractivity contribution is 6.62. The van der Waals surface area contributed by atoms with Gasteiger partial charge in [-0.05, 0) is 41.5 Å². The molecule has 0 atom stereocenters. The van der Waals surface area contributed by atoms with E-state index in [4.69, 9.17) is 9.31 Å². The fourth-order valence-electron chi connectivity index (χ4n) is 2.73.